The molecule has 2 aromatic rings. The van der Waals surface area contributed by atoms with Crippen LogP contribution in [0.4, 0.5) is 10.1 Å². The summed E-state index contributed by atoms with van der Waals surface area (Å²) in [6.45, 7) is 0. The van der Waals surface area contributed by atoms with E-state index in [0.29, 0.717) is 0 Å². The van der Waals surface area contributed by atoms with E-state index in [9.17, 15) is 19.3 Å². The van der Waals surface area contributed by atoms with Crippen molar-refractivity contribution in [2.75, 3.05) is 0 Å². The molecule has 0 aliphatic carbocycles. The number of nitro groups is 1. The highest BCUT2D eigenvalue weighted by Crippen LogP contribution is 2.32. The average molecular weight is 313 g/mol. The maximum atomic E-state index is 13.0. The van der Waals surface area contributed by atoms with E-state index in [1.165, 1.54) is 0 Å². The summed E-state index contributed by atoms with van der Waals surface area (Å²) in [6, 6.07) is 3.75. The molecule has 108 valence electrons. The van der Waals surface area contributed by atoms with Crippen LogP contribution in [0.1, 0.15) is 10.4 Å². The predicted octanol–water partition coefficient (Wildman–Crippen LogP) is 3.27. The van der Waals surface area contributed by atoms with Crippen LogP contribution in [0.5, 0.6) is 11.6 Å². The summed E-state index contributed by atoms with van der Waals surface area (Å²) in [6.07, 6.45) is 1.11. The van der Waals surface area contributed by atoms with E-state index in [-0.39, 0.29) is 10.8 Å². The quantitative estimate of drug-likeness (QED) is 0.686. The minimum atomic E-state index is -1.44. The Balaban J connectivity index is 2.48. The number of aromatic carboxylic acids is 1. The van der Waals surface area contributed by atoms with Gasteiger partial charge in [-0.2, -0.15) is 0 Å². The Morgan fingerprint density at radius 1 is 1.43 bits per heavy atom. The number of nitrogens with zero attached hydrogens (tertiary/aromatic N) is 2. The number of hydrogen-bond acceptors (Lipinski definition) is 5. The van der Waals surface area contributed by atoms with Gasteiger partial charge in [0, 0.05) is 6.07 Å². The highest BCUT2D eigenvalue weighted by Gasteiger charge is 2.21. The van der Waals surface area contributed by atoms with Crippen LogP contribution in [0.25, 0.3) is 0 Å². The van der Waals surface area contributed by atoms with E-state index < -0.39 is 33.8 Å². The third-order valence-electron chi connectivity index (χ3n) is 2.37. The third-order valence-corrected chi connectivity index (χ3v) is 2.58. The van der Waals surface area contributed by atoms with E-state index in [2.05, 4.69) is 4.98 Å². The Bertz CT molecular complexity index is 676. The van der Waals surface area contributed by atoms with Crippen LogP contribution < -0.4 is 4.74 Å². The molecule has 0 amide bonds. The van der Waals surface area contributed by atoms with E-state index >= 15 is 0 Å². The molecule has 0 aliphatic rings. The van der Waals surface area contributed by atoms with Gasteiger partial charge >= 0.3 is 11.7 Å². The van der Waals surface area contributed by atoms with Crippen LogP contribution in [0, 0.1) is 15.9 Å². The van der Waals surface area contributed by atoms with Gasteiger partial charge in [-0.15, -0.1) is 0 Å². The van der Waals surface area contributed by atoms with Crippen molar-refractivity contribution in [3.05, 3.63) is 57.0 Å². The van der Waals surface area contributed by atoms with E-state index in [1.807, 2.05) is 0 Å². The first-order valence-electron chi connectivity index (χ1n) is 5.39. The third kappa shape index (κ3) is 3.23. The molecular weight excluding hydrogens is 307 g/mol. The maximum absolute atomic E-state index is 13.0. The number of hydrogen-bond donors (Lipinski definition) is 1. The van der Waals surface area contributed by atoms with Crippen LogP contribution in [-0.4, -0.2) is 21.0 Å². The van der Waals surface area contributed by atoms with Crippen LogP contribution in [0.2, 0.25) is 5.02 Å². The monoisotopic (exact) mass is 312 g/mol. The van der Waals surface area contributed by atoms with Gasteiger partial charge in [0.15, 0.2) is 0 Å². The van der Waals surface area contributed by atoms with E-state index in [4.69, 9.17) is 21.4 Å². The molecule has 0 bridgehead atoms. The standard InChI is InChI=1S/C12H6ClFN2O5/c13-6-3-9(16(19)20)11(15-5-6)21-10-2-1-7(14)4-8(10)12(17)18/h1-5H,(H,17,18). The molecule has 0 saturated heterocycles. The molecule has 1 heterocycles. The first kappa shape index (κ1) is 14.7. The lowest BCUT2D eigenvalue weighted by molar-refractivity contribution is -0.386. The number of ether oxygens (including phenoxy) is 1. The van der Waals surface area contributed by atoms with Crippen LogP contribution in [-0.2, 0) is 0 Å². The summed E-state index contributed by atoms with van der Waals surface area (Å²) in [5.74, 6) is -2.94. The van der Waals surface area contributed by atoms with Gasteiger partial charge < -0.3 is 9.84 Å². The van der Waals surface area contributed by atoms with Crippen molar-refractivity contribution in [3.63, 3.8) is 0 Å². The Hall–Kier alpha value is -2.74. The van der Waals surface area contributed by atoms with Crippen LogP contribution >= 0.6 is 11.6 Å². The van der Waals surface area contributed by atoms with Crippen molar-refractivity contribution in [3.8, 4) is 11.6 Å². The predicted molar refractivity (Wildman–Crippen MR) is 69.3 cm³/mol. The van der Waals surface area contributed by atoms with Gasteiger partial charge in [-0.1, -0.05) is 11.6 Å². The van der Waals surface area contributed by atoms with Crippen molar-refractivity contribution in [2.45, 2.75) is 0 Å². The molecule has 0 atom stereocenters. The number of halogens is 2. The summed E-state index contributed by atoms with van der Waals surface area (Å²) in [7, 11) is 0. The van der Waals surface area contributed by atoms with Gasteiger partial charge in [0.1, 0.15) is 17.1 Å². The first-order chi connectivity index (χ1) is 9.88. The fourth-order valence-electron chi connectivity index (χ4n) is 1.49. The highest BCUT2D eigenvalue weighted by molar-refractivity contribution is 6.30. The van der Waals surface area contributed by atoms with Gasteiger partial charge in [0.2, 0.25) is 0 Å². The summed E-state index contributed by atoms with van der Waals surface area (Å²) in [5.41, 5.74) is -1.02. The Labute approximate surface area is 121 Å². The second kappa shape index (κ2) is 5.71. The van der Waals surface area contributed by atoms with E-state index in [0.717, 1.165) is 30.5 Å². The number of pyridine rings is 1. The van der Waals surface area contributed by atoms with Gasteiger partial charge in [0.25, 0.3) is 5.88 Å². The lowest BCUT2D eigenvalue weighted by Gasteiger charge is -2.08. The van der Waals surface area contributed by atoms with Crippen LogP contribution in [0.15, 0.2) is 30.5 Å². The molecule has 0 spiro atoms. The lowest BCUT2D eigenvalue weighted by Crippen LogP contribution is -2.03. The van der Waals surface area contributed by atoms with Crippen molar-refractivity contribution in [1.29, 1.82) is 0 Å². The molecule has 0 unspecified atom stereocenters. The number of rotatable bonds is 4. The van der Waals surface area contributed by atoms with Crippen molar-refractivity contribution < 1.29 is 24.0 Å². The van der Waals surface area contributed by atoms with Gasteiger partial charge in [-0.25, -0.2) is 14.2 Å². The number of carboxylic acids is 1. The number of carboxylic acid groups (broad SMARTS) is 1. The maximum Gasteiger partial charge on any atom is 0.339 e. The SMILES string of the molecule is O=C(O)c1cc(F)ccc1Oc1ncc(Cl)cc1[N+](=O)[O-]. The Morgan fingerprint density at radius 2 is 2.14 bits per heavy atom. The van der Waals surface area contributed by atoms with Crippen molar-refractivity contribution in [2.24, 2.45) is 0 Å². The van der Waals surface area contributed by atoms with Crippen molar-refractivity contribution in [1.82, 2.24) is 4.98 Å². The molecule has 7 nitrogen and oxygen atoms in total. The smallest absolute Gasteiger partial charge is 0.339 e. The second-order valence-corrected chi connectivity index (χ2v) is 4.22. The lowest BCUT2D eigenvalue weighted by atomic mass is 10.2. The molecule has 1 aromatic carbocycles. The fourth-order valence-corrected chi connectivity index (χ4v) is 1.64. The number of aromatic nitrogens is 1. The molecule has 0 fully saturated rings. The van der Waals surface area contributed by atoms with Gasteiger partial charge in [0.05, 0.1) is 16.1 Å². The van der Waals surface area contributed by atoms with Gasteiger partial charge in [-0.05, 0) is 18.2 Å². The topological polar surface area (TPSA) is 103 Å². The molecule has 0 radical (unpaired) electrons. The average Bonchev–Trinajstić information content (AvgIpc) is 2.42. The molecule has 0 aliphatic heterocycles. The minimum absolute atomic E-state index is 0.0200. The van der Waals surface area contributed by atoms with E-state index in [1.54, 1.807) is 0 Å². The highest BCUT2D eigenvalue weighted by atomic mass is 35.5. The summed E-state index contributed by atoms with van der Waals surface area (Å²) in [4.78, 5) is 24.8. The molecule has 2 rings (SSSR count). The summed E-state index contributed by atoms with van der Waals surface area (Å²) in [5, 5.41) is 19.9. The largest absolute Gasteiger partial charge is 0.478 e. The second-order valence-electron chi connectivity index (χ2n) is 3.78. The summed E-state index contributed by atoms with van der Waals surface area (Å²) < 4.78 is 18.2. The normalized spacial score (nSPS) is 10.2. The zero-order chi connectivity index (χ0) is 15.6. The molecular formula is C12H6ClFN2O5. The molecule has 21 heavy (non-hydrogen) atoms. The molecule has 1 aromatic heterocycles. The summed E-state index contributed by atoms with van der Waals surface area (Å²) >= 11 is 5.60. The first-order valence-corrected chi connectivity index (χ1v) is 5.77. The Morgan fingerprint density at radius 3 is 2.76 bits per heavy atom. The molecule has 9 heteroatoms. The van der Waals surface area contributed by atoms with Crippen LogP contribution in [0.3, 0.4) is 0 Å². The minimum Gasteiger partial charge on any atom is -0.478 e. The number of benzene rings is 1. The molecule has 0 saturated carbocycles. The zero-order valence-electron chi connectivity index (χ0n) is 10.1. The zero-order valence-corrected chi connectivity index (χ0v) is 10.9. The van der Waals surface area contributed by atoms with Gasteiger partial charge in [-0.3, -0.25) is 10.1 Å². The van der Waals surface area contributed by atoms with Crippen molar-refractivity contribution >= 4 is 23.3 Å². The Kier molecular flexibility index (Phi) is 3.99. The number of carbonyl (C=O) groups is 1. The fraction of sp³-hybridized carbons (Fsp3) is 0. The molecule has 1 N–H and O–H groups in total.